The fourth-order valence-electron chi connectivity index (χ4n) is 3.00. The topological polar surface area (TPSA) is 344 Å². The van der Waals surface area contributed by atoms with Crippen LogP contribution in [0, 0.1) is 0 Å². The van der Waals surface area contributed by atoms with Crippen LogP contribution in [0.2, 0.25) is 0 Å². The third-order valence-electron chi connectivity index (χ3n) is 4.88. The Balaban J connectivity index is 5.03. The van der Waals surface area contributed by atoms with Crippen LogP contribution in [-0.2, 0) is 19.2 Å². The maximum atomic E-state index is 12.8. The maximum absolute atomic E-state index is 12.8. The molecule has 0 aliphatic rings. The van der Waals surface area contributed by atoms with E-state index in [1.165, 1.54) is 0 Å². The summed E-state index contributed by atoms with van der Waals surface area (Å²) >= 11 is 0. The van der Waals surface area contributed by atoms with Crippen molar-refractivity contribution in [2.75, 3.05) is 26.2 Å². The van der Waals surface area contributed by atoms with E-state index in [4.69, 9.17) is 40.1 Å². The summed E-state index contributed by atoms with van der Waals surface area (Å²) in [6.07, 6.45) is 1.45. The number of aliphatic imine (C=N–C) groups is 3. The first-order valence-corrected chi connectivity index (χ1v) is 11.9. The van der Waals surface area contributed by atoms with Gasteiger partial charge in [-0.1, -0.05) is 0 Å². The molecule has 0 saturated heterocycles. The molecule has 0 spiro atoms. The van der Waals surface area contributed by atoms with Crippen molar-refractivity contribution in [1.82, 2.24) is 16.0 Å². The molecule has 0 saturated carbocycles. The zero-order chi connectivity index (χ0) is 29.1. The van der Waals surface area contributed by atoms with Gasteiger partial charge in [-0.2, -0.15) is 0 Å². The number of nitrogens with two attached hydrogens (primary N) is 7. The van der Waals surface area contributed by atoms with E-state index in [0.717, 1.165) is 0 Å². The van der Waals surface area contributed by atoms with Crippen molar-refractivity contribution in [3.63, 3.8) is 0 Å². The van der Waals surface area contributed by atoms with Gasteiger partial charge in [-0.05, 0) is 38.5 Å². The Morgan fingerprint density at radius 2 is 1.11 bits per heavy atom. The SMILES string of the molecule is NC(N)=NCCCC(N)C(=O)NCC(=O)NC(CCCN=C(N)N)C(=O)NC(CCCN=C(N)N)C(=O)O. The molecule has 0 aromatic heterocycles. The number of carboxylic acids is 1. The Hall–Kier alpha value is -4.35. The third-order valence-corrected chi connectivity index (χ3v) is 4.88. The molecule has 0 bridgehead atoms. The van der Waals surface area contributed by atoms with E-state index in [1.807, 2.05) is 0 Å². The Morgan fingerprint density at radius 1 is 0.658 bits per heavy atom. The first-order valence-electron chi connectivity index (χ1n) is 11.9. The fourth-order valence-corrected chi connectivity index (χ4v) is 3.00. The summed E-state index contributed by atoms with van der Waals surface area (Å²) in [6, 6.07) is -3.27. The van der Waals surface area contributed by atoms with Gasteiger partial charge in [-0.25, -0.2) is 4.79 Å². The molecule has 0 fully saturated rings. The molecule has 3 unspecified atom stereocenters. The van der Waals surface area contributed by atoms with Crippen LogP contribution in [0.15, 0.2) is 15.0 Å². The van der Waals surface area contributed by atoms with Crippen molar-refractivity contribution in [2.24, 2.45) is 55.1 Å². The van der Waals surface area contributed by atoms with Gasteiger partial charge in [-0.3, -0.25) is 29.4 Å². The zero-order valence-corrected chi connectivity index (χ0v) is 21.3. The molecule has 0 rings (SSSR count). The Morgan fingerprint density at radius 3 is 1.55 bits per heavy atom. The highest BCUT2D eigenvalue weighted by Crippen LogP contribution is 2.04. The van der Waals surface area contributed by atoms with Gasteiger partial charge in [0.15, 0.2) is 17.9 Å². The molecule has 0 aliphatic heterocycles. The molecule has 0 heterocycles. The van der Waals surface area contributed by atoms with Crippen LogP contribution in [0.1, 0.15) is 38.5 Å². The number of hydrogen-bond acceptors (Lipinski definition) is 8. The lowest BCUT2D eigenvalue weighted by molar-refractivity contribution is -0.142. The number of rotatable bonds is 19. The van der Waals surface area contributed by atoms with E-state index >= 15 is 0 Å². The molecule has 0 radical (unpaired) electrons. The van der Waals surface area contributed by atoms with Gasteiger partial charge >= 0.3 is 5.97 Å². The monoisotopic (exact) mass is 543 g/mol. The Bertz CT molecular complexity index is 865. The van der Waals surface area contributed by atoms with Crippen LogP contribution in [-0.4, -0.2) is 91.0 Å². The minimum atomic E-state index is -1.27. The molecule has 0 aromatic rings. The predicted octanol–water partition coefficient (Wildman–Crippen LogP) is -5.36. The van der Waals surface area contributed by atoms with Crippen LogP contribution < -0.4 is 56.1 Å². The highest BCUT2D eigenvalue weighted by atomic mass is 16.4. The zero-order valence-electron chi connectivity index (χ0n) is 21.3. The van der Waals surface area contributed by atoms with E-state index in [-0.39, 0.29) is 56.7 Å². The predicted molar refractivity (Wildman–Crippen MR) is 142 cm³/mol. The van der Waals surface area contributed by atoms with Gasteiger partial charge < -0.3 is 61.2 Å². The van der Waals surface area contributed by atoms with E-state index in [9.17, 15) is 24.3 Å². The molecular weight excluding hydrogens is 502 g/mol. The quantitative estimate of drug-likeness (QED) is 0.0413. The number of carboxylic acid groups (broad SMARTS) is 1. The van der Waals surface area contributed by atoms with Crippen molar-refractivity contribution in [1.29, 1.82) is 0 Å². The van der Waals surface area contributed by atoms with E-state index < -0.39 is 48.4 Å². The summed E-state index contributed by atoms with van der Waals surface area (Å²) in [5, 5.41) is 16.7. The molecule has 0 aliphatic carbocycles. The highest BCUT2D eigenvalue weighted by molar-refractivity contribution is 5.92. The number of carbonyl (C=O) groups excluding carboxylic acids is 3. The van der Waals surface area contributed by atoms with Crippen molar-refractivity contribution in [2.45, 2.75) is 56.7 Å². The molecular formula is C20H41N13O5. The minimum absolute atomic E-state index is 0.0453. The smallest absolute Gasteiger partial charge is 0.326 e. The second-order valence-corrected chi connectivity index (χ2v) is 8.19. The van der Waals surface area contributed by atoms with Crippen LogP contribution in [0.5, 0.6) is 0 Å². The molecule has 3 amide bonds. The maximum Gasteiger partial charge on any atom is 0.326 e. The van der Waals surface area contributed by atoms with Gasteiger partial charge in [0.05, 0.1) is 12.6 Å². The van der Waals surface area contributed by atoms with Crippen LogP contribution in [0.25, 0.3) is 0 Å². The van der Waals surface area contributed by atoms with Crippen LogP contribution in [0.4, 0.5) is 0 Å². The summed E-state index contributed by atoms with van der Waals surface area (Å²) in [4.78, 5) is 60.4. The van der Waals surface area contributed by atoms with E-state index in [0.29, 0.717) is 19.4 Å². The van der Waals surface area contributed by atoms with Crippen molar-refractivity contribution in [3.05, 3.63) is 0 Å². The number of carbonyl (C=O) groups is 4. The molecule has 0 aromatic carbocycles. The van der Waals surface area contributed by atoms with Gasteiger partial charge in [-0.15, -0.1) is 0 Å². The summed E-state index contributed by atoms with van der Waals surface area (Å²) in [5.74, 6) is -3.62. The first-order chi connectivity index (χ1) is 17.8. The van der Waals surface area contributed by atoms with Gasteiger partial charge in [0.1, 0.15) is 12.1 Å². The molecule has 18 N–H and O–H groups in total. The highest BCUT2D eigenvalue weighted by Gasteiger charge is 2.26. The first kappa shape index (κ1) is 33.7. The minimum Gasteiger partial charge on any atom is -0.480 e. The normalized spacial score (nSPS) is 12.7. The number of nitrogens with one attached hydrogen (secondary N) is 3. The second kappa shape index (κ2) is 18.9. The largest absolute Gasteiger partial charge is 0.480 e. The number of amides is 3. The summed E-state index contributed by atoms with van der Waals surface area (Å²) in [6.45, 7) is 0.191. The second-order valence-electron chi connectivity index (χ2n) is 8.19. The molecule has 3 atom stereocenters. The molecule has 38 heavy (non-hydrogen) atoms. The lowest BCUT2D eigenvalue weighted by Crippen LogP contribution is -2.53. The van der Waals surface area contributed by atoms with Crippen molar-refractivity contribution in [3.8, 4) is 0 Å². The average Bonchev–Trinajstić information content (AvgIpc) is 2.83. The van der Waals surface area contributed by atoms with Gasteiger partial charge in [0.2, 0.25) is 17.7 Å². The number of guanidine groups is 3. The fraction of sp³-hybridized carbons (Fsp3) is 0.650. The lowest BCUT2D eigenvalue weighted by atomic mass is 10.1. The summed E-state index contributed by atoms with van der Waals surface area (Å²) in [5.41, 5.74) is 37.3. The summed E-state index contributed by atoms with van der Waals surface area (Å²) in [7, 11) is 0. The molecule has 18 heteroatoms. The average molecular weight is 544 g/mol. The number of aliphatic carboxylic acids is 1. The number of nitrogens with zero attached hydrogens (tertiary/aromatic N) is 3. The lowest BCUT2D eigenvalue weighted by Gasteiger charge is -2.21. The standard InChI is InChI=1S/C20H41N13O5/c21-11(4-1-7-28-18(22)23)15(35)31-10-14(34)32-12(5-2-8-29-19(24)25)16(36)33-13(17(37)38)6-3-9-30-20(26)27/h11-13H,1-10,21H2,(H,31,35)(H,32,34)(H,33,36)(H,37,38)(H4,22,23,28)(H4,24,25,29)(H4,26,27,30). The number of hydrogen-bond donors (Lipinski definition) is 11. The summed E-state index contributed by atoms with van der Waals surface area (Å²) < 4.78 is 0. The van der Waals surface area contributed by atoms with Gasteiger partial charge in [0.25, 0.3) is 0 Å². The Labute approximate surface area is 220 Å². The Kier molecular flexibility index (Phi) is 16.7. The van der Waals surface area contributed by atoms with Crippen molar-refractivity contribution >= 4 is 41.6 Å². The van der Waals surface area contributed by atoms with Crippen molar-refractivity contribution < 1.29 is 24.3 Å². The molecule has 18 nitrogen and oxygen atoms in total. The van der Waals surface area contributed by atoms with E-state index in [1.54, 1.807) is 0 Å². The van der Waals surface area contributed by atoms with Crippen LogP contribution in [0.3, 0.4) is 0 Å². The van der Waals surface area contributed by atoms with E-state index in [2.05, 4.69) is 30.9 Å². The molecule has 216 valence electrons. The van der Waals surface area contributed by atoms with Gasteiger partial charge in [0, 0.05) is 19.6 Å². The third kappa shape index (κ3) is 17.1. The van der Waals surface area contributed by atoms with Crippen LogP contribution >= 0.6 is 0 Å².